The molecule has 1 aliphatic carbocycles. The summed E-state index contributed by atoms with van der Waals surface area (Å²) in [5.74, 6) is 0. The number of nitrogens with zero attached hydrogens (tertiary/aromatic N) is 1. The molecule has 1 aromatic heterocycles. The van der Waals surface area contributed by atoms with Crippen LogP contribution in [0.4, 0.5) is 0 Å². The summed E-state index contributed by atoms with van der Waals surface area (Å²) in [6, 6.07) is 3.67. The number of hydrogen-bond acceptors (Lipinski definition) is 2. The number of aryl methyl sites for hydroxylation is 1. The summed E-state index contributed by atoms with van der Waals surface area (Å²) in [7, 11) is 0. The van der Waals surface area contributed by atoms with Crippen LogP contribution in [0.2, 0.25) is 10.0 Å². The van der Waals surface area contributed by atoms with E-state index in [4.69, 9.17) is 23.2 Å². The van der Waals surface area contributed by atoms with Crippen LogP contribution >= 0.6 is 23.2 Å². The zero-order valence-electron chi connectivity index (χ0n) is 10.9. The topological polar surface area (TPSA) is 33.1 Å². The molecule has 0 spiro atoms. The lowest BCUT2D eigenvalue weighted by Crippen LogP contribution is -2.19. The van der Waals surface area contributed by atoms with Gasteiger partial charge in [0.15, 0.2) is 0 Å². The highest BCUT2D eigenvalue weighted by molar-refractivity contribution is 6.45. The van der Waals surface area contributed by atoms with Gasteiger partial charge in [-0.15, -0.1) is 0 Å². The molecule has 1 N–H and O–H groups in total. The SMILES string of the molecule is CC(C)(O)c1c2c(nc3c(Cl)c(Cl)ccc13)CCC2. The third kappa shape index (κ3) is 2.03. The van der Waals surface area contributed by atoms with Gasteiger partial charge in [0.1, 0.15) is 0 Å². The highest BCUT2D eigenvalue weighted by atomic mass is 35.5. The van der Waals surface area contributed by atoms with E-state index in [1.54, 1.807) is 6.07 Å². The molecule has 0 amide bonds. The fourth-order valence-electron chi connectivity index (χ4n) is 2.97. The molecule has 0 saturated heterocycles. The van der Waals surface area contributed by atoms with Gasteiger partial charge in [-0.05, 0) is 50.3 Å². The second kappa shape index (κ2) is 4.34. The normalized spacial score (nSPS) is 15.0. The molecule has 0 radical (unpaired) electrons. The first-order valence-corrected chi connectivity index (χ1v) is 7.17. The molecule has 2 nitrogen and oxygen atoms in total. The van der Waals surface area contributed by atoms with E-state index in [2.05, 4.69) is 4.98 Å². The molecule has 0 atom stereocenters. The van der Waals surface area contributed by atoms with Crippen LogP contribution in [0.15, 0.2) is 12.1 Å². The summed E-state index contributed by atoms with van der Waals surface area (Å²) in [6.07, 6.45) is 2.99. The van der Waals surface area contributed by atoms with Crippen molar-refractivity contribution in [2.75, 3.05) is 0 Å². The zero-order valence-corrected chi connectivity index (χ0v) is 12.4. The maximum Gasteiger partial charge on any atom is 0.0910 e. The fourth-order valence-corrected chi connectivity index (χ4v) is 3.33. The first kappa shape index (κ1) is 13.2. The summed E-state index contributed by atoms with van der Waals surface area (Å²) in [5, 5.41) is 12.4. The van der Waals surface area contributed by atoms with Crippen molar-refractivity contribution in [2.45, 2.75) is 38.7 Å². The van der Waals surface area contributed by atoms with Crippen LogP contribution in [-0.2, 0) is 18.4 Å². The van der Waals surface area contributed by atoms with E-state index in [0.717, 1.165) is 35.9 Å². The Labute approximate surface area is 122 Å². The van der Waals surface area contributed by atoms with Crippen molar-refractivity contribution in [3.05, 3.63) is 39.0 Å². The van der Waals surface area contributed by atoms with Crippen LogP contribution < -0.4 is 0 Å². The third-order valence-electron chi connectivity index (χ3n) is 3.69. The molecule has 0 bridgehead atoms. The van der Waals surface area contributed by atoms with Crippen LogP contribution in [-0.4, -0.2) is 10.1 Å². The van der Waals surface area contributed by atoms with Crippen molar-refractivity contribution in [3.63, 3.8) is 0 Å². The molecule has 1 heterocycles. The predicted molar refractivity (Wildman–Crippen MR) is 79.0 cm³/mol. The van der Waals surface area contributed by atoms with Gasteiger partial charge in [0, 0.05) is 11.1 Å². The summed E-state index contributed by atoms with van der Waals surface area (Å²) < 4.78 is 0. The maximum absolute atomic E-state index is 10.5. The summed E-state index contributed by atoms with van der Waals surface area (Å²) in [5.41, 5.74) is 2.97. The van der Waals surface area contributed by atoms with Gasteiger partial charge in [-0.1, -0.05) is 29.3 Å². The molecule has 0 saturated carbocycles. The molecule has 0 unspecified atom stereocenters. The van der Waals surface area contributed by atoms with E-state index >= 15 is 0 Å². The lowest BCUT2D eigenvalue weighted by atomic mass is 9.89. The minimum atomic E-state index is -0.910. The fraction of sp³-hybridized carbons (Fsp3) is 0.400. The van der Waals surface area contributed by atoms with Gasteiger partial charge in [-0.2, -0.15) is 0 Å². The van der Waals surface area contributed by atoms with E-state index in [1.807, 2.05) is 19.9 Å². The summed E-state index contributed by atoms with van der Waals surface area (Å²) in [6.45, 7) is 3.62. The Morgan fingerprint density at radius 2 is 1.95 bits per heavy atom. The number of aromatic nitrogens is 1. The Hall–Kier alpha value is -0.830. The molecule has 0 fully saturated rings. The van der Waals surface area contributed by atoms with E-state index in [9.17, 15) is 5.11 Å². The molecule has 1 aliphatic rings. The van der Waals surface area contributed by atoms with Crippen LogP contribution in [0, 0.1) is 0 Å². The first-order chi connectivity index (χ1) is 8.89. The Morgan fingerprint density at radius 1 is 1.21 bits per heavy atom. The molecular formula is C15H15Cl2NO. The van der Waals surface area contributed by atoms with Crippen LogP contribution in [0.1, 0.15) is 37.1 Å². The van der Waals surface area contributed by atoms with Gasteiger partial charge in [0.25, 0.3) is 0 Å². The Kier molecular flexibility index (Phi) is 3.01. The Bertz CT molecular complexity index is 674. The van der Waals surface area contributed by atoms with Crippen molar-refractivity contribution in [1.82, 2.24) is 4.98 Å². The smallest absolute Gasteiger partial charge is 0.0910 e. The van der Waals surface area contributed by atoms with Crippen molar-refractivity contribution in [2.24, 2.45) is 0 Å². The van der Waals surface area contributed by atoms with Crippen molar-refractivity contribution >= 4 is 34.1 Å². The van der Waals surface area contributed by atoms with Crippen LogP contribution in [0.5, 0.6) is 0 Å². The number of aliphatic hydroxyl groups is 1. The van der Waals surface area contributed by atoms with E-state index in [1.165, 1.54) is 5.56 Å². The minimum Gasteiger partial charge on any atom is -0.386 e. The molecule has 1 aromatic carbocycles. The van der Waals surface area contributed by atoms with Gasteiger partial charge in [0.2, 0.25) is 0 Å². The molecule has 4 heteroatoms. The van der Waals surface area contributed by atoms with Gasteiger partial charge < -0.3 is 5.11 Å². The number of benzene rings is 1. The number of pyridine rings is 1. The largest absolute Gasteiger partial charge is 0.386 e. The number of fused-ring (bicyclic) bond motifs is 2. The average molecular weight is 296 g/mol. The van der Waals surface area contributed by atoms with E-state index in [-0.39, 0.29) is 0 Å². The number of halogens is 2. The van der Waals surface area contributed by atoms with Crippen molar-refractivity contribution < 1.29 is 5.11 Å². The predicted octanol–water partition coefficient (Wildman–Crippen LogP) is 4.26. The van der Waals surface area contributed by atoms with Gasteiger partial charge >= 0.3 is 0 Å². The first-order valence-electron chi connectivity index (χ1n) is 6.42. The molecule has 2 aromatic rings. The lowest BCUT2D eigenvalue weighted by molar-refractivity contribution is 0.0792. The second-order valence-electron chi connectivity index (χ2n) is 5.58. The summed E-state index contributed by atoms with van der Waals surface area (Å²) >= 11 is 12.3. The molecule has 19 heavy (non-hydrogen) atoms. The molecule has 100 valence electrons. The molecule has 0 aliphatic heterocycles. The quantitative estimate of drug-likeness (QED) is 0.853. The monoisotopic (exact) mass is 295 g/mol. The second-order valence-corrected chi connectivity index (χ2v) is 6.37. The number of rotatable bonds is 1. The van der Waals surface area contributed by atoms with Crippen LogP contribution in [0.3, 0.4) is 0 Å². The highest BCUT2D eigenvalue weighted by Crippen LogP contribution is 2.40. The van der Waals surface area contributed by atoms with Crippen LogP contribution in [0.25, 0.3) is 10.9 Å². The highest BCUT2D eigenvalue weighted by Gasteiger charge is 2.29. The number of hydrogen-bond donors (Lipinski definition) is 1. The van der Waals surface area contributed by atoms with Gasteiger partial charge in [0.05, 0.1) is 21.2 Å². The Balaban J connectivity index is 2.48. The third-order valence-corrected chi connectivity index (χ3v) is 4.48. The van der Waals surface area contributed by atoms with Crippen molar-refractivity contribution in [3.8, 4) is 0 Å². The van der Waals surface area contributed by atoms with E-state index < -0.39 is 5.60 Å². The van der Waals surface area contributed by atoms with Gasteiger partial charge in [-0.25, -0.2) is 0 Å². The zero-order chi connectivity index (χ0) is 13.8. The van der Waals surface area contributed by atoms with E-state index in [0.29, 0.717) is 15.6 Å². The average Bonchev–Trinajstić information content (AvgIpc) is 2.77. The van der Waals surface area contributed by atoms with Crippen molar-refractivity contribution in [1.29, 1.82) is 0 Å². The van der Waals surface area contributed by atoms with Gasteiger partial charge in [-0.3, -0.25) is 4.98 Å². The minimum absolute atomic E-state index is 0.472. The Morgan fingerprint density at radius 3 is 2.63 bits per heavy atom. The summed E-state index contributed by atoms with van der Waals surface area (Å²) in [4.78, 5) is 4.66. The standard InChI is InChI=1S/C15H15Cl2NO/c1-15(2,19)12-8-4-3-5-11(8)18-14-9(12)6-7-10(16)13(14)17/h6-7,19H,3-5H2,1-2H3. The lowest BCUT2D eigenvalue weighted by Gasteiger charge is -2.24. The molecule has 3 rings (SSSR count). The molecular weight excluding hydrogens is 281 g/mol. The maximum atomic E-state index is 10.5.